The fourth-order valence-corrected chi connectivity index (χ4v) is 0.767. The zero-order valence-corrected chi connectivity index (χ0v) is 6.86. The Morgan fingerprint density at radius 1 is 1.25 bits per heavy atom. The smallest absolute Gasteiger partial charge is 0.0909 e. The van der Waals surface area contributed by atoms with Crippen molar-refractivity contribution < 1.29 is 0 Å². The maximum absolute atomic E-state index is 8.58. The molecule has 0 rings (SSSR count). The van der Waals surface area contributed by atoms with Crippen molar-refractivity contribution in [3.63, 3.8) is 0 Å². The molecule has 0 aliphatic heterocycles. The quantitative estimate of drug-likeness (QED) is 0.589. The van der Waals surface area contributed by atoms with Gasteiger partial charge in [0, 0.05) is 12.0 Å². The van der Waals surface area contributed by atoms with Crippen LogP contribution in [0.15, 0.2) is 12.2 Å². The van der Waals surface area contributed by atoms with E-state index in [1.165, 1.54) is 12.2 Å². The van der Waals surface area contributed by atoms with Crippen LogP contribution >= 0.6 is 0 Å². The molecular formula is C9H9N3. The van der Waals surface area contributed by atoms with Crippen LogP contribution in [0.3, 0.4) is 0 Å². The molecule has 12 heavy (non-hydrogen) atoms. The summed E-state index contributed by atoms with van der Waals surface area (Å²) in [5, 5.41) is 25.2. The lowest BCUT2D eigenvalue weighted by atomic mass is 9.98. The minimum absolute atomic E-state index is 0.141. The molecule has 0 saturated heterocycles. The van der Waals surface area contributed by atoms with Gasteiger partial charge in [0.25, 0.3) is 0 Å². The summed E-state index contributed by atoms with van der Waals surface area (Å²) in [4.78, 5) is 0. The van der Waals surface area contributed by atoms with Crippen LogP contribution in [0.4, 0.5) is 0 Å². The van der Waals surface area contributed by atoms with Crippen LogP contribution in [-0.2, 0) is 0 Å². The van der Waals surface area contributed by atoms with Crippen molar-refractivity contribution in [2.75, 3.05) is 0 Å². The Morgan fingerprint density at radius 2 is 1.92 bits per heavy atom. The van der Waals surface area contributed by atoms with Gasteiger partial charge < -0.3 is 0 Å². The SMILES string of the molecule is CC(C#N)CC(C#N)C=CC#N. The molecule has 0 bridgehead atoms. The molecule has 0 aromatic heterocycles. The summed E-state index contributed by atoms with van der Waals surface area (Å²) in [5.74, 6) is -0.461. The van der Waals surface area contributed by atoms with E-state index in [4.69, 9.17) is 15.8 Å². The van der Waals surface area contributed by atoms with Gasteiger partial charge in [-0.2, -0.15) is 15.8 Å². The van der Waals surface area contributed by atoms with E-state index in [0.717, 1.165) is 0 Å². The van der Waals surface area contributed by atoms with Gasteiger partial charge in [0.15, 0.2) is 0 Å². The molecule has 0 aromatic rings. The lowest BCUT2D eigenvalue weighted by Gasteiger charge is -2.02. The molecular weight excluding hydrogens is 150 g/mol. The predicted molar refractivity (Wildman–Crippen MR) is 43.3 cm³/mol. The average molecular weight is 159 g/mol. The molecule has 60 valence electrons. The van der Waals surface area contributed by atoms with E-state index in [2.05, 4.69) is 0 Å². The number of hydrogen-bond acceptors (Lipinski definition) is 3. The lowest BCUT2D eigenvalue weighted by molar-refractivity contribution is 0.599. The molecule has 0 spiro atoms. The largest absolute Gasteiger partial charge is 0.198 e. The van der Waals surface area contributed by atoms with Crippen molar-refractivity contribution in [1.82, 2.24) is 0 Å². The molecule has 0 heterocycles. The van der Waals surface area contributed by atoms with E-state index in [1.807, 2.05) is 18.2 Å². The summed E-state index contributed by atoms with van der Waals surface area (Å²) >= 11 is 0. The van der Waals surface area contributed by atoms with Gasteiger partial charge in [-0.05, 0) is 13.3 Å². The monoisotopic (exact) mass is 159 g/mol. The van der Waals surface area contributed by atoms with Crippen molar-refractivity contribution in [2.24, 2.45) is 11.8 Å². The lowest BCUT2D eigenvalue weighted by Crippen LogP contribution is -1.99. The zero-order valence-electron chi connectivity index (χ0n) is 6.86. The van der Waals surface area contributed by atoms with Crippen molar-refractivity contribution in [3.05, 3.63) is 12.2 Å². The van der Waals surface area contributed by atoms with Crippen molar-refractivity contribution in [1.29, 1.82) is 15.8 Å². The van der Waals surface area contributed by atoms with E-state index in [-0.39, 0.29) is 11.8 Å². The summed E-state index contributed by atoms with van der Waals surface area (Å²) in [6.45, 7) is 1.75. The van der Waals surface area contributed by atoms with E-state index in [1.54, 1.807) is 6.92 Å². The standard InChI is InChI=1S/C9H9N3/c1-8(6-11)5-9(7-12)3-2-4-10/h2-3,8-9H,5H2,1H3. The van der Waals surface area contributed by atoms with Crippen LogP contribution < -0.4 is 0 Å². The number of hydrogen-bond donors (Lipinski definition) is 0. The van der Waals surface area contributed by atoms with Crippen LogP contribution in [0, 0.1) is 45.8 Å². The van der Waals surface area contributed by atoms with E-state index in [0.29, 0.717) is 6.42 Å². The molecule has 0 fully saturated rings. The highest BCUT2D eigenvalue weighted by Crippen LogP contribution is 2.11. The predicted octanol–water partition coefficient (Wildman–Crippen LogP) is 1.76. The molecule has 0 saturated carbocycles. The first-order chi connectivity index (χ1) is 5.74. The molecule has 0 radical (unpaired) electrons. The number of nitrogens with zero attached hydrogens (tertiary/aromatic N) is 3. The van der Waals surface area contributed by atoms with E-state index >= 15 is 0 Å². The van der Waals surface area contributed by atoms with Crippen molar-refractivity contribution in [2.45, 2.75) is 13.3 Å². The second-order valence-corrected chi connectivity index (χ2v) is 2.49. The third-order valence-corrected chi connectivity index (χ3v) is 1.40. The fourth-order valence-electron chi connectivity index (χ4n) is 0.767. The van der Waals surface area contributed by atoms with Gasteiger partial charge in [-0.25, -0.2) is 0 Å². The molecule has 3 heteroatoms. The topological polar surface area (TPSA) is 71.4 Å². The Morgan fingerprint density at radius 3 is 2.33 bits per heavy atom. The molecule has 0 aliphatic rings. The van der Waals surface area contributed by atoms with Crippen LogP contribution in [-0.4, -0.2) is 0 Å². The summed E-state index contributed by atoms with van der Waals surface area (Å²) in [7, 11) is 0. The maximum Gasteiger partial charge on any atom is 0.0909 e. The molecule has 0 aliphatic carbocycles. The molecule has 3 nitrogen and oxygen atoms in total. The molecule has 2 unspecified atom stereocenters. The first kappa shape index (κ1) is 10.2. The third kappa shape index (κ3) is 4.09. The van der Waals surface area contributed by atoms with Gasteiger partial charge in [0.05, 0.1) is 24.1 Å². The van der Waals surface area contributed by atoms with Crippen molar-refractivity contribution >= 4 is 0 Å². The van der Waals surface area contributed by atoms with E-state index in [9.17, 15) is 0 Å². The second kappa shape index (κ2) is 5.96. The number of allylic oxidation sites excluding steroid dienone is 2. The summed E-state index contributed by atoms with van der Waals surface area (Å²) in [5.41, 5.74) is 0. The number of nitriles is 3. The van der Waals surface area contributed by atoms with Gasteiger partial charge in [-0.1, -0.05) is 6.08 Å². The van der Waals surface area contributed by atoms with Gasteiger partial charge >= 0.3 is 0 Å². The van der Waals surface area contributed by atoms with Crippen LogP contribution in [0.25, 0.3) is 0 Å². The summed E-state index contributed by atoms with van der Waals surface area (Å²) in [6.07, 6.45) is 3.29. The normalized spacial score (nSPS) is 14.2. The Labute approximate surface area is 72.1 Å². The first-order valence-electron chi connectivity index (χ1n) is 3.60. The summed E-state index contributed by atoms with van der Waals surface area (Å²) in [6, 6.07) is 5.86. The first-order valence-corrected chi connectivity index (χ1v) is 3.60. The van der Waals surface area contributed by atoms with Gasteiger partial charge in [0.2, 0.25) is 0 Å². The Bertz CT molecular complexity index is 272. The van der Waals surface area contributed by atoms with Crippen molar-refractivity contribution in [3.8, 4) is 18.2 Å². The highest BCUT2D eigenvalue weighted by Gasteiger charge is 2.07. The minimum atomic E-state index is -0.320. The van der Waals surface area contributed by atoms with E-state index < -0.39 is 0 Å². The Balaban J connectivity index is 4.06. The van der Waals surface area contributed by atoms with Crippen LogP contribution in [0.1, 0.15) is 13.3 Å². The third-order valence-electron chi connectivity index (χ3n) is 1.40. The fraction of sp³-hybridized carbons (Fsp3) is 0.444. The molecule has 0 amide bonds. The van der Waals surface area contributed by atoms with Crippen LogP contribution in [0.2, 0.25) is 0 Å². The van der Waals surface area contributed by atoms with Gasteiger partial charge in [-0.15, -0.1) is 0 Å². The molecule has 0 aromatic carbocycles. The van der Waals surface area contributed by atoms with Gasteiger partial charge in [-0.3, -0.25) is 0 Å². The Hall–Kier alpha value is -1.79. The average Bonchev–Trinajstić information content (AvgIpc) is 2.11. The van der Waals surface area contributed by atoms with Crippen LogP contribution in [0.5, 0.6) is 0 Å². The highest BCUT2D eigenvalue weighted by molar-refractivity contribution is 5.09. The Kier molecular flexibility index (Phi) is 5.07. The number of rotatable bonds is 3. The molecule has 2 atom stereocenters. The minimum Gasteiger partial charge on any atom is -0.198 e. The second-order valence-electron chi connectivity index (χ2n) is 2.49. The highest BCUT2D eigenvalue weighted by atomic mass is 14.3. The zero-order chi connectivity index (χ0) is 9.40. The van der Waals surface area contributed by atoms with Gasteiger partial charge in [0.1, 0.15) is 0 Å². The summed E-state index contributed by atoms with van der Waals surface area (Å²) < 4.78 is 0. The molecule has 0 N–H and O–H groups in total. The maximum atomic E-state index is 8.58.